The summed E-state index contributed by atoms with van der Waals surface area (Å²) in [7, 11) is -3.76. The Balaban J connectivity index is 1.96. The van der Waals surface area contributed by atoms with Gasteiger partial charge in [-0.15, -0.1) is 0 Å². The highest BCUT2D eigenvalue weighted by molar-refractivity contribution is 7.89. The summed E-state index contributed by atoms with van der Waals surface area (Å²) in [5, 5.41) is 11.3. The molecule has 1 heterocycles. The normalized spacial score (nSPS) is 11.8. The standard InChI is InChI=1S/C21H23N3O8S/c1-4-22(5-2)33(29,30)15-8-9-16-20(12-15)32-21(26)23(16)13-18(25)14-7-10-19(31-6-3)17(11-14)24(27)28/h7-12H,4-6,13H2,1-3H3. The Morgan fingerprint density at radius 3 is 2.45 bits per heavy atom. The smallest absolute Gasteiger partial charge is 0.420 e. The number of nitro groups is 1. The number of nitrogens with zero attached hydrogens (tertiary/aromatic N) is 3. The molecular weight excluding hydrogens is 454 g/mol. The predicted molar refractivity (Wildman–Crippen MR) is 119 cm³/mol. The molecule has 0 N–H and O–H groups in total. The first-order valence-electron chi connectivity index (χ1n) is 10.2. The second-order valence-electron chi connectivity index (χ2n) is 6.97. The Bertz CT molecular complexity index is 1370. The van der Waals surface area contributed by atoms with Crippen molar-refractivity contribution in [2.24, 2.45) is 0 Å². The van der Waals surface area contributed by atoms with Gasteiger partial charge in [-0.25, -0.2) is 13.2 Å². The molecule has 0 amide bonds. The van der Waals surface area contributed by atoms with Gasteiger partial charge in [0.15, 0.2) is 17.1 Å². The molecule has 12 heteroatoms. The topological polar surface area (TPSA) is 142 Å². The minimum Gasteiger partial charge on any atom is -0.487 e. The Hall–Kier alpha value is -3.51. The number of sulfonamides is 1. The van der Waals surface area contributed by atoms with Crippen LogP contribution in [0.15, 0.2) is 50.5 Å². The maximum Gasteiger partial charge on any atom is 0.420 e. The molecule has 0 bridgehead atoms. The number of carbonyl (C=O) groups is 1. The number of oxazole rings is 1. The van der Waals surface area contributed by atoms with Crippen LogP contribution in [0.2, 0.25) is 0 Å². The number of ketones is 1. The largest absolute Gasteiger partial charge is 0.487 e. The summed E-state index contributed by atoms with van der Waals surface area (Å²) < 4.78 is 38.2. The van der Waals surface area contributed by atoms with Gasteiger partial charge in [0.25, 0.3) is 0 Å². The van der Waals surface area contributed by atoms with Crippen molar-refractivity contribution in [3.63, 3.8) is 0 Å². The van der Waals surface area contributed by atoms with Crippen molar-refractivity contribution in [3.8, 4) is 5.75 Å². The number of hydrogen-bond acceptors (Lipinski definition) is 8. The van der Waals surface area contributed by atoms with E-state index in [4.69, 9.17) is 9.15 Å². The van der Waals surface area contributed by atoms with Crippen LogP contribution in [0.5, 0.6) is 5.75 Å². The molecule has 0 atom stereocenters. The highest BCUT2D eigenvalue weighted by atomic mass is 32.2. The van der Waals surface area contributed by atoms with Crippen molar-refractivity contribution in [3.05, 3.63) is 62.6 Å². The second kappa shape index (κ2) is 9.55. The molecule has 3 rings (SSSR count). The van der Waals surface area contributed by atoms with Gasteiger partial charge < -0.3 is 9.15 Å². The molecule has 0 aliphatic carbocycles. The number of ether oxygens (including phenoxy) is 1. The summed E-state index contributed by atoms with van der Waals surface area (Å²) in [5.41, 5.74) is -0.100. The zero-order valence-electron chi connectivity index (χ0n) is 18.3. The lowest BCUT2D eigenvalue weighted by molar-refractivity contribution is -0.385. The summed E-state index contributed by atoms with van der Waals surface area (Å²) in [6.45, 7) is 5.45. The predicted octanol–water partition coefficient (Wildman–Crippen LogP) is 2.81. The first kappa shape index (κ1) is 24.1. The Labute approximate surface area is 189 Å². The quantitative estimate of drug-likeness (QED) is 0.246. The number of benzene rings is 2. The minimum atomic E-state index is -3.76. The van der Waals surface area contributed by atoms with Gasteiger partial charge >= 0.3 is 11.4 Å². The second-order valence-corrected chi connectivity index (χ2v) is 8.91. The highest BCUT2D eigenvalue weighted by Gasteiger charge is 2.24. The zero-order valence-corrected chi connectivity index (χ0v) is 19.1. The van der Waals surface area contributed by atoms with Gasteiger partial charge in [-0.1, -0.05) is 13.8 Å². The van der Waals surface area contributed by atoms with Gasteiger partial charge in [0.2, 0.25) is 10.0 Å². The van der Waals surface area contributed by atoms with E-state index in [0.29, 0.717) is 0 Å². The van der Waals surface area contributed by atoms with Gasteiger partial charge in [-0.05, 0) is 31.2 Å². The maximum absolute atomic E-state index is 12.8. The third kappa shape index (κ3) is 4.66. The summed E-state index contributed by atoms with van der Waals surface area (Å²) in [4.78, 5) is 35.8. The lowest BCUT2D eigenvalue weighted by atomic mass is 10.1. The van der Waals surface area contributed by atoms with Gasteiger partial charge in [0.05, 0.1) is 28.5 Å². The molecule has 3 aromatic rings. The fourth-order valence-corrected chi connectivity index (χ4v) is 4.89. The Kier molecular flexibility index (Phi) is 6.98. The number of aromatic nitrogens is 1. The molecular formula is C21H23N3O8S. The fourth-order valence-electron chi connectivity index (χ4n) is 3.42. The average molecular weight is 477 g/mol. The maximum atomic E-state index is 12.8. The number of Topliss-reactive ketones (excluding diaryl/α,β-unsaturated/α-hetero) is 1. The minimum absolute atomic E-state index is 0.0127. The number of fused-ring (bicyclic) bond motifs is 1. The van der Waals surface area contributed by atoms with Crippen LogP contribution in [0, 0.1) is 10.1 Å². The summed E-state index contributed by atoms with van der Waals surface area (Å²) in [6.07, 6.45) is 0. The SMILES string of the molecule is CCOc1ccc(C(=O)Cn2c(=O)oc3cc(S(=O)(=O)N(CC)CC)ccc32)cc1[N+](=O)[O-]. The van der Waals surface area contributed by atoms with Gasteiger partial charge in [0.1, 0.15) is 0 Å². The van der Waals surface area contributed by atoms with Crippen LogP contribution in [-0.4, -0.2) is 47.7 Å². The van der Waals surface area contributed by atoms with Crippen molar-refractivity contribution in [1.29, 1.82) is 0 Å². The van der Waals surface area contributed by atoms with Crippen molar-refractivity contribution in [2.75, 3.05) is 19.7 Å². The summed E-state index contributed by atoms with van der Waals surface area (Å²) >= 11 is 0. The van der Waals surface area contributed by atoms with E-state index < -0.39 is 33.0 Å². The lowest BCUT2D eigenvalue weighted by Crippen LogP contribution is -2.30. The number of nitro benzene ring substituents is 1. The first-order valence-corrected chi connectivity index (χ1v) is 11.7. The average Bonchev–Trinajstić information content (AvgIpc) is 3.09. The molecule has 176 valence electrons. The molecule has 11 nitrogen and oxygen atoms in total. The van der Waals surface area contributed by atoms with E-state index in [1.165, 1.54) is 34.6 Å². The molecule has 0 saturated carbocycles. The lowest BCUT2D eigenvalue weighted by Gasteiger charge is -2.18. The van der Waals surface area contributed by atoms with Crippen LogP contribution >= 0.6 is 0 Å². The monoisotopic (exact) mass is 477 g/mol. The van der Waals surface area contributed by atoms with Gasteiger partial charge in [-0.2, -0.15) is 4.31 Å². The fraction of sp³-hybridized carbons (Fsp3) is 0.333. The van der Waals surface area contributed by atoms with Crippen molar-refractivity contribution >= 4 is 32.6 Å². The Morgan fingerprint density at radius 2 is 1.85 bits per heavy atom. The van der Waals surface area contributed by atoms with Crippen LogP contribution in [0.3, 0.4) is 0 Å². The molecule has 0 fully saturated rings. The first-order chi connectivity index (χ1) is 15.6. The molecule has 0 spiro atoms. The molecule has 1 aromatic heterocycles. The van der Waals surface area contributed by atoms with Crippen LogP contribution in [0.1, 0.15) is 31.1 Å². The van der Waals surface area contributed by atoms with E-state index in [9.17, 15) is 28.1 Å². The molecule has 0 unspecified atom stereocenters. The Morgan fingerprint density at radius 1 is 1.15 bits per heavy atom. The number of rotatable bonds is 10. The third-order valence-electron chi connectivity index (χ3n) is 5.06. The molecule has 2 aromatic carbocycles. The molecule has 0 aliphatic heterocycles. The third-order valence-corrected chi connectivity index (χ3v) is 7.11. The van der Waals surface area contributed by atoms with Crippen LogP contribution in [0.25, 0.3) is 11.1 Å². The molecule has 0 saturated heterocycles. The van der Waals surface area contributed by atoms with Crippen LogP contribution in [-0.2, 0) is 16.6 Å². The van der Waals surface area contributed by atoms with E-state index in [-0.39, 0.29) is 52.7 Å². The molecule has 0 aliphatic rings. The molecule has 0 radical (unpaired) electrons. The molecule has 33 heavy (non-hydrogen) atoms. The highest BCUT2D eigenvalue weighted by Crippen LogP contribution is 2.28. The number of hydrogen-bond donors (Lipinski definition) is 0. The number of carbonyl (C=O) groups excluding carboxylic acids is 1. The van der Waals surface area contributed by atoms with E-state index in [1.54, 1.807) is 20.8 Å². The zero-order chi connectivity index (χ0) is 24.3. The van der Waals surface area contributed by atoms with Crippen LogP contribution < -0.4 is 10.5 Å². The van der Waals surface area contributed by atoms with Crippen LogP contribution in [0.4, 0.5) is 5.69 Å². The van der Waals surface area contributed by atoms with Crippen molar-refractivity contribution < 1.29 is 27.3 Å². The summed E-state index contributed by atoms with van der Waals surface area (Å²) in [6, 6.07) is 7.78. The van der Waals surface area contributed by atoms with Crippen molar-refractivity contribution in [2.45, 2.75) is 32.2 Å². The van der Waals surface area contributed by atoms with E-state index in [1.807, 2.05) is 0 Å². The summed E-state index contributed by atoms with van der Waals surface area (Å²) in [5.74, 6) is -1.38. The van der Waals surface area contributed by atoms with Gasteiger partial charge in [0, 0.05) is 30.8 Å². The van der Waals surface area contributed by atoms with Gasteiger partial charge in [-0.3, -0.25) is 19.5 Å². The van der Waals surface area contributed by atoms with E-state index in [2.05, 4.69) is 0 Å². The van der Waals surface area contributed by atoms with Crippen molar-refractivity contribution in [1.82, 2.24) is 8.87 Å². The van der Waals surface area contributed by atoms with E-state index >= 15 is 0 Å². The van der Waals surface area contributed by atoms with E-state index in [0.717, 1.165) is 10.6 Å².